The zero-order valence-electron chi connectivity index (χ0n) is 11.3. The van der Waals surface area contributed by atoms with E-state index in [4.69, 9.17) is 27.4 Å². The predicted octanol–water partition coefficient (Wildman–Crippen LogP) is 0.600. The van der Waals surface area contributed by atoms with Gasteiger partial charge in [-0.25, -0.2) is 0 Å². The minimum atomic E-state index is 0.319. The molecule has 0 aliphatic rings. The van der Waals surface area contributed by atoms with Crippen molar-refractivity contribution in [2.75, 3.05) is 45.4 Å². The van der Waals surface area contributed by atoms with Crippen LogP contribution in [0.5, 0.6) is 0 Å². The molecule has 1 aromatic heterocycles. The molecule has 106 valence electrons. The van der Waals surface area contributed by atoms with Crippen LogP contribution in [-0.2, 0) is 9.47 Å². The first kappa shape index (κ1) is 15.7. The van der Waals surface area contributed by atoms with E-state index in [1.807, 2.05) is 0 Å². The maximum absolute atomic E-state index is 5.72. The number of nitrogens with zero attached hydrogens (tertiary/aromatic N) is 3. The molecule has 0 fully saturated rings. The van der Waals surface area contributed by atoms with E-state index in [-0.39, 0.29) is 0 Å². The lowest BCUT2D eigenvalue weighted by molar-refractivity contribution is 0.191. The van der Waals surface area contributed by atoms with Crippen molar-refractivity contribution in [3.05, 3.63) is 17.8 Å². The van der Waals surface area contributed by atoms with Gasteiger partial charge in [0.1, 0.15) is 4.99 Å². The Labute approximate surface area is 118 Å². The summed E-state index contributed by atoms with van der Waals surface area (Å²) in [6, 6.07) is 1.78. The number of ether oxygens (including phenoxy) is 2. The molecule has 6 nitrogen and oxygen atoms in total. The van der Waals surface area contributed by atoms with Crippen molar-refractivity contribution in [2.24, 2.45) is 5.73 Å². The van der Waals surface area contributed by atoms with Crippen LogP contribution in [0.2, 0.25) is 0 Å². The lowest BCUT2D eigenvalue weighted by atomic mass is 10.2. The highest BCUT2D eigenvalue weighted by molar-refractivity contribution is 7.80. The smallest absolute Gasteiger partial charge is 0.161 e. The summed E-state index contributed by atoms with van der Waals surface area (Å²) in [6.45, 7) is 2.77. The van der Waals surface area contributed by atoms with Gasteiger partial charge < -0.3 is 20.1 Å². The number of rotatable bonds is 9. The van der Waals surface area contributed by atoms with Gasteiger partial charge in [0.15, 0.2) is 5.82 Å². The van der Waals surface area contributed by atoms with Crippen LogP contribution < -0.4 is 10.6 Å². The van der Waals surface area contributed by atoms with Crippen molar-refractivity contribution >= 4 is 23.0 Å². The molecule has 0 amide bonds. The van der Waals surface area contributed by atoms with Crippen LogP contribution in [0, 0.1) is 0 Å². The van der Waals surface area contributed by atoms with Gasteiger partial charge in [0, 0.05) is 33.9 Å². The Bertz CT molecular complexity index is 403. The van der Waals surface area contributed by atoms with E-state index in [2.05, 4.69) is 15.1 Å². The number of hydrogen-bond donors (Lipinski definition) is 1. The molecule has 2 N–H and O–H groups in total. The summed E-state index contributed by atoms with van der Waals surface area (Å²) in [5, 5.41) is 8.05. The first-order valence-corrected chi connectivity index (χ1v) is 6.45. The molecule has 0 saturated carbocycles. The van der Waals surface area contributed by atoms with Crippen LogP contribution in [-0.4, -0.2) is 55.7 Å². The van der Waals surface area contributed by atoms with Crippen LogP contribution >= 0.6 is 12.2 Å². The summed E-state index contributed by atoms with van der Waals surface area (Å²) < 4.78 is 10.2. The zero-order valence-corrected chi connectivity index (χ0v) is 12.2. The topological polar surface area (TPSA) is 73.5 Å². The fourth-order valence-corrected chi connectivity index (χ4v) is 1.83. The Morgan fingerprint density at radius 3 is 2.68 bits per heavy atom. The largest absolute Gasteiger partial charge is 0.389 e. The molecule has 19 heavy (non-hydrogen) atoms. The van der Waals surface area contributed by atoms with Crippen LogP contribution in [0.4, 0.5) is 5.82 Å². The fourth-order valence-electron chi connectivity index (χ4n) is 1.68. The van der Waals surface area contributed by atoms with Gasteiger partial charge in [-0.1, -0.05) is 12.2 Å². The van der Waals surface area contributed by atoms with E-state index in [9.17, 15) is 0 Å². The first-order chi connectivity index (χ1) is 9.20. The molecule has 0 aliphatic carbocycles. The Kier molecular flexibility index (Phi) is 7.24. The van der Waals surface area contributed by atoms with Gasteiger partial charge in [-0.05, 0) is 12.5 Å². The number of anilines is 1. The fraction of sp³-hybridized carbons (Fsp3) is 0.583. The molecule has 1 heterocycles. The van der Waals surface area contributed by atoms with Gasteiger partial charge in [-0.2, -0.15) is 5.10 Å². The Morgan fingerprint density at radius 2 is 2.05 bits per heavy atom. The number of nitrogens with two attached hydrogens (primary N) is 1. The van der Waals surface area contributed by atoms with Crippen LogP contribution in [0.3, 0.4) is 0 Å². The minimum absolute atomic E-state index is 0.319. The van der Waals surface area contributed by atoms with Crippen molar-refractivity contribution in [3.8, 4) is 0 Å². The van der Waals surface area contributed by atoms with Gasteiger partial charge >= 0.3 is 0 Å². The highest BCUT2D eigenvalue weighted by atomic mass is 32.1. The number of aromatic nitrogens is 2. The van der Waals surface area contributed by atoms with E-state index < -0.39 is 0 Å². The van der Waals surface area contributed by atoms with E-state index in [0.29, 0.717) is 30.6 Å². The summed E-state index contributed by atoms with van der Waals surface area (Å²) in [4.78, 5) is 2.38. The van der Waals surface area contributed by atoms with Gasteiger partial charge in [-0.3, -0.25) is 0 Å². The van der Waals surface area contributed by atoms with E-state index >= 15 is 0 Å². The van der Waals surface area contributed by atoms with Gasteiger partial charge in [-0.15, -0.1) is 5.10 Å². The molecule has 0 saturated heterocycles. The lowest BCUT2D eigenvalue weighted by Crippen LogP contribution is -2.32. The molecular weight excluding hydrogens is 264 g/mol. The molecular formula is C12H20N4O2S. The molecule has 7 heteroatoms. The van der Waals surface area contributed by atoms with Gasteiger partial charge in [0.05, 0.1) is 18.4 Å². The third-order valence-electron chi connectivity index (χ3n) is 2.61. The standard InChI is InChI=1S/C12H20N4O2S/c1-17-8-3-6-16(7-9-18-2)12-10(11(13)19)4-5-14-15-12/h4-5H,3,6-9H2,1-2H3,(H2,13,19). The summed E-state index contributed by atoms with van der Waals surface area (Å²) in [6.07, 6.45) is 2.47. The highest BCUT2D eigenvalue weighted by Crippen LogP contribution is 2.16. The molecule has 0 unspecified atom stereocenters. The van der Waals surface area contributed by atoms with E-state index in [1.165, 1.54) is 0 Å². The molecule has 0 atom stereocenters. The van der Waals surface area contributed by atoms with Gasteiger partial charge in [0.25, 0.3) is 0 Å². The van der Waals surface area contributed by atoms with Crippen LogP contribution in [0.1, 0.15) is 12.0 Å². The second-order valence-electron chi connectivity index (χ2n) is 3.96. The highest BCUT2D eigenvalue weighted by Gasteiger charge is 2.14. The maximum Gasteiger partial charge on any atom is 0.161 e. The molecule has 0 aliphatic heterocycles. The Morgan fingerprint density at radius 1 is 1.32 bits per heavy atom. The lowest BCUT2D eigenvalue weighted by Gasteiger charge is -2.24. The maximum atomic E-state index is 5.72. The Hall–Kier alpha value is -1.31. The molecule has 0 bridgehead atoms. The summed E-state index contributed by atoms with van der Waals surface area (Å²) in [5.74, 6) is 0.697. The van der Waals surface area contributed by atoms with Crippen molar-refractivity contribution in [1.29, 1.82) is 0 Å². The summed E-state index contributed by atoms with van der Waals surface area (Å²) in [7, 11) is 3.35. The summed E-state index contributed by atoms with van der Waals surface area (Å²) in [5.41, 5.74) is 6.45. The van der Waals surface area contributed by atoms with Crippen LogP contribution in [0.25, 0.3) is 0 Å². The van der Waals surface area contributed by atoms with Gasteiger partial charge in [0.2, 0.25) is 0 Å². The molecule has 0 spiro atoms. The average molecular weight is 284 g/mol. The third-order valence-corrected chi connectivity index (χ3v) is 2.83. The van der Waals surface area contributed by atoms with Crippen molar-refractivity contribution in [2.45, 2.75) is 6.42 Å². The normalized spacial score (nSPS) is 10.4. The number of methoxy groups -OCH3 is 2. The molecule has 1 aromatic rings. The Balaban J connectivity index is 2.85. The summed E-state index contributed by atoms with van der Waals surface area (Å²) >= 11 is 5.04. The second kappa shape index (κ2) is 8.73. The SMILES string of the molecule is COCCCN(CCOC)c1nnccc1C(N)=S. The monoisotopic (exact) mass is 284 g/mol. The average Bonchev–Trinajstić information content (AvgIpc) is 2.42. The second-order valence-corrected chi connectivity index (χ2v) is 4.40. The van der Waals surface area contributed by atoms with Crippen molar-refractivity contribution < 1.29 is 9.47 Å². The molecule has 0 aromatic carbocycles. The minimum Gasteiger partial charge on any atom is -0.389 e. The molecule has 0 radical (unpaired) electrons. The number of hydrogen-bond acceptors (Lipinski definition) is 6. The predicted molar refractivity (Wildman–Crippen MR) is 78.5 cm³/mol. The van der Waals surface area contributed by atoms with Crippen LogP contribution in [0.15, 0.2) is 12.3 Å². The number of thiocarbonyl (C=S) groups is 1. The first-order valence-electron chi connectivity index (χ1n) is 6.05. The van der Waals surface area contributed by atoms with E-state index in [0.717, 1.165) is 18.5 Å². The third kappa shape index (κ3) is 5.06. The van der Waals surface area contributed by atoms with E-state index in [1.54, 1.807) is 26.5 Å². The molecule has 1 rings (SSSR count). The zero-order chi connectivity index (χ0) is 14.1. The quantitative estimate of drug-likeness (QED) is 0.526. The van der Waals surface area contributed by atoms with Crippen molar-refractivity contribution in [1.82, 2.24) is 10.2 Å². The van der Waals surface area contributed by atoms with Crippen molar-refractivity contribution in [3.63, 3.8) is 0 Å².